The molecule has 1 aromatic carbocycles. The zero-order chi connectivity index (χ0) is 20.9. The van der Waals surface area contributed by atoms with Gasteiger partial charge >= 0.3 is 0 Å². The normalized spacial score (nSPS) is 11.1. The van der Waals surface area contributed by atoms with Gasteiger partial charge in [-0.1, -0.05) is 0 Å². The molecule has 2 N–H and O–H groups in total. The van der Waals surface area contributed by atoms with Crippen molar-refractivity contribution in [2.75, 3.05) is 22.9 Å². The Kier molecular flexibility index (Phi) is 6.45. The number of thiazole rings is 1. The molecule has 0 saturated carbocycles. The maximum Gasteiger partial charge on any atom is 0.232 e. The SMILES string of the molecule is CCS(=O)(=O)Nc1ccc(NC(=O)Cc2csc(-c3cccnc3)n2)cc1OC. The smallest absolute Gasteiger partial charge is 0.232 e. The van der Waals surface area contributed by atoms with Gasteiger partial charge in [-0.15, -0.1) is 11.3 Å². The zero-order valence-electron chi connectivity index (χ0n) is 15.9. The highest BCUT2D eigenvalue weighted by atomic mass is 32.2. The summed E-state index contributed by atoms with van der Waals surface area (Å²) in [6.07, 6.45) is 3.53. The standard InChI is InChI=1S/C19H20N4O4S2/c1-3-29(25,26)23-16-7-6-14(9-17(16)27-2)21-18(24)10-15-12-28-19(22-15)13-5-4-8-20-11-13/h4-9,11-12,23H,3,10H2,1-2H3,(H,21,24). The van der Waals surface area contributed by atoms with Crippen LogP contribution in [0.25, 0.3) is 10.6 Å². The summed E-state index contributed by atoms with van der Waals surface area (Å²) in [5, 5.41) is 5.41. The molecule has 0 atom stereocenters. The number of benzene rings is 1. The van der Waals surface area contributed by atoms with E-state index in [4.69, 9.17) is 4.74 Å². The minimum atomic E-state index is -3.43. The van der Waals surface area contributed by atoms with Crippen molar-refractivity contribution in [3.05, 3.63) is 53.8 Å². The van der Waals surface area contributed by atoms with Gasteiger partial charge in [0.1, 0.15) is 10.8 Å². The van der Waals surface area contributed by atoms with Crippen molar-refractivity contribution >= 4 is 38.6 Å². The van der Waals surface area contributed by atoms with Crippen LogP contribution in [0.1, 0.15) is 12.6 Å². The van der Waals surface area contributed by atoms with Crippen LogP contribution in [-0.4, -0.2) is 37.2 Å². The van der Waals surface area contributed by atoms with E-state index in [1.807, 2.05) is 17.5 Å². The predicted octanol–water partition coefficient (Wildman–Crippen LogP) is 3.16. The molecule has 2 aromatic heterocycles. The summed E-state index contributed by atoms with van der Waals surface area (Å²) < 4.78 is 31.2. The number of nitrogens with one attached hydrogen (secondary N) is 2. The lowest BCUT2D eigenvalue weighted by Gasteiger charge is -2.13. The Bertz CT molecular complexity index is 1100. The number of anilines is 2. The average Bonchev–Trinajstić information content (AvgIpc) is 3.18. The molecular formula is C19H20N4O4S2. The molecule has 0 radical (unpaired) electrons. The van der Waals surface area contributed by atoms with Crippen molar-refractivity contribution in [3.63, 3.8) is 0 Å². The summed E-state index contributed by atoms with van der Waals surface area (Å²) in [5.41, 5.74) is 2.37. The highest BCUT2D eigenvalue weighted by molar-refractivity contribution is 7.92. The van der Waals surface area contributed by atoms with E-state index in [2.05, 4.69) is 20.0 Å². The summed E-state index contributed by atoms with van der Waals surface area (Å²) >= 11 is 1.45. The molecule has 10 heteroatoms. The van der Waals surface area contributed by atoms with Crippen LogP contribution in [0, 0.1) is 0 Å². The lowest BCUT2D eigenvalue weighted by molar-refractivity contribution is -0.115. The maximum atomic E-state index is 12.4. The molecule has 3 aromatic rings. The van der Waals surface area contributed by atoms with E-state index in [0.717, 1.165) is 10.6 Å². The number of carbonyl (C=O) groups is 1. The fraction of sp³-hybridized carbons (Fsp3) is 0.211. The first kappa shape index (κ1) is 20.7. The molecule has 0 aliphatic rings. The molecule has 2 heterocycles. The molecule has 0 unspecified atom stereocenters. The number of rotatable bonds is 8. The number of aromatic nitrogens is 2. The van der Waals surface area contributed by atoms with Crippen LogP contribution in [-0.2, 0) is 21.2 Å². The number of pyridine rings is 1. The van der Waals surface area contributed by atoms with Crippen LogP contribution in [0.5, 0.6) is 5.75 Å². The zero-order valence-corrected chi connectivity index (χ0v) is 17.5. The molecule has 1 amide bonds. The van der Waals surface area contributed by atoms with Crippen molar-refractivity contribution in [1.29, 1.82) is 0 Å². The Morgan fingerprint density at radius 2 is 2.10 bits per heavy atom. The molecule has 3 rings (SSSR count). The fourth-order valence-corrected chi connectivity index (χ4v) is 3.93. The Morgan fingerprint density at radius 3 is 2.79 bits per heavy atom. The number of sulfonamides is 1. The maximum absolute atomic E-state index is 12.4. The van der Waals surface area contributed by atoms with Crippen LogP contribution < -0.4 is 14.8 Å². The number of carbonyl (C=O) groups excluding carboxylic acids is 1. The molecule has 152 valence electrons. The van der Waals surface area contributed by atoms with Crippen molar-refractivity contribution in [1.82, 2.24) is 9.97 Å². The van der Waals surface area contributed by atoms with E-state index in [9.17, 15) is 13.2 Å². The Balaban J connectivity index is 1.67. The second kappa shape index (κ2) is 9.01. The van der Waals surface area contributed by atoms with Crippen LogP contribution in [0.15, 0.2) is 48.1 Å². The summed E-state index contributed by atoms with van der Waals surface area (Å²) in [6, 6.07) is 8.46. The summed E-state index contributed by atoms with van der Waals surface area (Å²) in [6.45, 7) is 1.54. The first-order chi connectivity index (χ1) is 13.9. The molecular weight excluding hydrogens is 412 g/mol. The minimum absolute atomic E-state index is 0.0523. The molecule has 0 fully saturated rings. The molecule has 8 nitrogen and oxygen atoms in total. The second-order valence-electron chi connectivity index (χ2n) is 6.03. The third-order valence-corrected chi connectivity index (χ3v) is 6.16. The van der Waals surface area contributed by atoms with Gasteiger partial charge in [0.25, 0.3) is 0 Å². The Morgan fingerprint density at radius 1 is 1.28 bits per heavy atom. The van der Waals surface area contributed by atoms with E-state index in [1.165, 1.54) is 18.4 Å². The number of nitrogens with zero attached hydrogens (tertiary/aromatic N) is 2. The lowest BCUT2D eigenvalue weighted by atomic mass is 10.2. The Hall–Kier alpha value is -2.98. The highest BCUT2D eigenvalue weighted by Crippen LogP contribution is 2.29. The van der Waals surface area contributed by atoms with E-state index in [1.54, 1.807) is 37.5 Å². The van der Waals surface area contributed by atoms with E-state index >= 15 is 0 Å². The quantitative estimate of drug-likeness (QED) is 0.566. The van der Waals surface area contributed by atoms with Crippen molar-refractivity contribution in [3.8, 4) is 16.3 Å². The van der Waals surface area contributed by atoms with Gasteiger partial charge in [0, 0.05) is 35.1 Å². The molecule has 0 aliphatic carbocycles. The number of ether oxygens (including phenoxy) is 1. The molecule has 0 spiro atoms. The summed E-state index contributed by atoms with van der Waals surface area (Å²) in [5.74, 6) is 0.0212. The second-order valence-corrected chi connectivity index (χ2v) is 8.90. The van der Waals surface area contributed by atoms with Gasteiger partial charge in [-0.3, -0.25) is 14.5 Å². The van der Waals surface area contributed by atoms with E-state index in [0.29, 0.717) is 22.8 Å². The third-order valence-electron chi connectivity index (χ3n) is 3.93. The van der Waals surface area contributed by atoms with Crippen LogP contribution in [0.4, 0.5) is 11.4 Å². The highest BCUT2D eigenvalue weighted by Gasteiger charge is 2.14. The van der Waals surface area contributed by atoms with E-state index in [-0.39, 0.29) is 18.1 Å². The number of methoxy groups -OCH3 is 1. The van der Waals surface area contributed by atoms with Crippen LogP contribution in [0.2, 0.25) is 0 Å². The monoisotopic (exact) mass is 432 g/mol. The first-order valence-electron chi connectivity index (χ1n) is 8.73. The summed E-state index contributed by atoms with van der Waals surface area (Å²) in [4.78, 5) is 20.9. The van der Waals surface area contributed by atoms with Gasteiger partial charge in [-0.25, -0.2) is 13.4 Å². The van der Waals surface area contributed by atoms with Gasteiger partial charge in [-0.05, 0) is 31.2 Å². The first-order valence-corrected chi connectivity index (χ1v) is 11.3. The van der Waals surface area contributed by atoms with Gasteiger partial charge in [-0.2, -0.15) is 0 Å². The van der Waals surface area contributed by atoms with Crippen molar-refractivity contribution in [2.24, 2.45) is 0 Å². The van der Waals surface area contributed by atoms with Gasteiger partial charge < -0.3 is 10.1 Å². The van der Waals surface area contributed by atoms with E-state index < -0.39 is 10.0 Å². The van der Waals surface area contributed by atoms with Gasteiger partial charge in [0.2, 0.25) is 15.9 Å². The molecule has 0 saturated heterocycles. The number of hydrogen-bond donors (Lipinski definition) is 2. The molecule has 0 aliphatic heterocycles. The number of hydrogen-bond acceptors (Lipinski definition) is 7. The molecule has 29 heavy (non-hydrogen) atoms. The average molecular weight is 433 g/mol. The van der Waals surface area contributed by atoms with Crippen LogP contribution >= 0.6 is 11.3 Å². The predicted molar refractivity (Wildman–Crippen MR) is 114 cm³/mol. The topological polar surface area (TPSA) is 110 Å². The molecule has 0 bridgehead atoms. The summed E-state index contributed by atoms with van der Waals surface area (Å²) in [7, 11) is -2.00. The fourth-order valence-electron chi connectivity index (χ4n) is 2.47. The van der Waals surface area contributed by atoms with Crippen molar-refractivity contribution < 1.29 is 17.9 Å². The van der Waals surface area contributed by atoms with Gasteiger partial charge in [0.05, 0.1) is 30.7 Å². The largest absolute Gasteiger partial charge is 0.494 e. The minimum Gasteiger partial charge on any atom is -0.494 e. The van der Waals surface area contributed by atoms with Gasteiger partial charge in [0.15, 0.2) is 0 Å². The van der Waals surface area contributed by atoms with Crippen molar-refractivity contribution in [2.45, 2.75) is 13.3 Å². The lowest BCUT2D eigenvalue weighted by Crippen LogP contribution is -2.16. The number of amides is 1. The third kappa shape index (κ3) is 5.52. The van der Waals surface area contributed by atoms with Crippen LogP contribution in [0.3, 0.4) is 0 Å². The Labute approximate surface area is 173 Å².